The van der Waals surface area contributed by atoms with E-state index in [1.165, 1.54) is 45.2 Å². The molecule has 1 saturated carbocycles. The number of β-amino-alcohol motifs (C(OH)–C–C–N with tert-alkyl or cyclic N) is 1. The lowest BCUT2D eigenvalue weighted by atomic mass is 10.00. The Hall–Kier alpha value is -0.120. The lowest BCUT2D eigenvalue weighted by Gasteiger charge is -2.22. The van der Waals surface area contributed by atoms with Gasteiger partial charge in [0, 0.05) is 13.1 Å². The van der Waals surface area contributed by atoms with Crippen molar-refractivity contribution in [1.29, 1.82) is 0 Å². The van der Waals surface area contributed by atoms with Crippen LogP contribution >= 0.6 is 0 Å². The fourth-order valence-corrected chi connectivity index (χ4v) is 3.54. The average molecular weight is 240 g/mol. The van der Waals surface area contributed by atoms with Gasteiger partial charge < -0.3 is 15.3 Å². The first kappa shape index (κ1) is 13.3. The second kappa shape index (κ2) is 6.72. The van der Waals surface area contributed by atoms with Crippen molar-refractivity contribution in [1.82, 2.24) is 10.2 Å². The molecule has 2 unspecified atom stereocenters. The van der Waals surface area contributed by atoms with Crippen LogP contribution in [0.1, 0.15) is 38.5 Å². The molecule has 1 aliphatic carbocycles. The molecule has 1 aliphatic heterocycles. The molecule has 0 aromatic rings. The lowest BCUT2D eigenvalue weighted by molar-refractivity contribution is 0.0998. The summed E-state index contributed by atoms with van der Waals surface area (Å²) in [5.74, 6) is 1.60. The molecule has 100 valence electrons. The first-order valence-electron chi connectivity index (χ1n) is 7.33. The number of likely N-dealkylation sites (tertiary alicyclic amines) is 1. The summed E-state index contributed by atoms with van der Waals surface area (Å²) in [5.41, 5.74) is 0. The van der Waals surface area contributed by atoms with Crippen molar-refractivity contribution < 1.29 is 5.11 Å². The molecular formula is C14H28N2O. The molecule has 2 aliphatic rings. The molecule has 17 heavy (non-hydrogen) atoms. The summed E-state index contributed by atoms with van der Waals surface area (Å²) < 4.78 is 0. The van der Waals surface area contributed by atoms with Gasteiger partial charge in [-0.1, -0.05) is 25.7 Å². The van der Waals surface area contributed by atoms with E-state index in [9.17, 15) is 5.11 Å². The quantitative estimate of drug-likeness (QED) is 0.738. The fraction of sp³-hybridized carbons (Fsp3) is 1.00. The Morgan fingerprint density at radius 1 is 1.24 bits per heavy atom. The minimum atomic E-state index is -0.0913. The topological polar surface area (TPSA) is 35.5 Å². The van der Waals surface area contributed by atoms with Crippen LogP contribution in [0, 0.1) is 11.8 Å². The SMILES string of the molecule is CNCC1CCN(CC(O)CC2CCCC2)C1. The van der Waals surface area contributed by atoms with Gasteiger partial charge in [0.1, 0.15) is 0 Å². The Kier molecular flexibility index (Phi) is 5.26. The van der Waals surface area contributed by atoms with Gasteiger partial charge in [0.2, 0.25) is 0 Å². The van der Waals surface area contributed by atoms with Gasteiger partial charge in [0.15, 0.2) is 0 Å². The molecule has 0 amide bonds. The zero-order valence-corrected chi connectivity index (χ0v) is 11.2. The number of nitrogens with one attached hydrogen (secondary N) is 1. The Bertz CT molecular complexity index is 216. The van der Waals surface area contributed by atoms with Crippen molar-refractivity contribution >= 4 is 0 Å². The maximum Gasteiger partial charge on any atom is 0.0669 e. The molecular weight excluding hydrogens is 212 g/mol. The first-order valence-corrected chi connectivity index (χ1v) is 7.33. The monoisotopic (exact) mass is 240 g/mol. The minimum Gasteiger partial charge on any atom is -0.392 e. The van der Waals surface area contributed by atoms with E-state index in [4.69, 9.17) is 0 Å². The fourth-order valence-electron chi connectivity index (χ4n) is 3.54. The van der Waals surface area contributed by atoms with Crippen molar-refractivity contribution in [3.8, 4) is 0 Å². The van der Waals surface area contributed by atoms with Crippen molar-refractivity contribution in [2.75, 3.05) is 33.2 Å². The van der Waals surface area contributed by atoms with Crippen molar-refractivity contribution in [2.24, 2.45) is 11.8 Å². The van der Waals surface area contributed by atoms with E-state index < -0.39 is 0 Å². The highest BCUT2D eigenvalue weighted by Gasteiger charge is 2.25. The van der Waals surface area contributed by atoms with Gasteiger partial charge >= 0.3 is 0 Å². The van der Waals surface area contributed by atoms with E-state index in [0.717, 1.165) is 31.3 Å². The standard InChI is InChI=1S/C14H28N2O/c1-15-9-13-6-7-16(10-13)11-14(17)8-12-4-2-3-5-12/h12-15,17H,2-11H2,1H3. The average Bonchev–Trinajstić information content (AvgIpc) is 2.91. The molecule has 3 heteroatoms. The molecule has 0 aromatic heterocycles. The van der Waals surface area contributed by atoms with Crippen LogP contribution < -0.4 is 5.32 Å². The third-order valence-corrected chi connectivity index (χ3v) is 4.41. The smallest absolute Gasteiger partial charge is 0.0669 e. The predicted molar refractivity (Wildman–Crippen MR) is 71.1 cm³/mol. The Labute approximate surface area is 106 Å². The third-order valence-electron chi connectivity index (χ3n) is 4.41. The van der Waals surface area contributed by atoms with Gasteiger partial charge in [-0.2, -0.15) is 0 Å². The van der Waals surface area contributed by atoms with Crippen molar-refractivity contribution in [3.63, 3.8) is 0 Å². The largest absolute Gasteiger partial charge is 0.392 e. The van der Waals surface area contributed by atoms with Gasteiger partial charge in [-0.25, -0.2) is 0 Å². The second-order valence-corrected chi connectivity index (χ2v) is 6.01. The van der Waals surface area contributed by atoms with Crippen LogP contribution in [-0.4, -0.2) is 49.3 Å². The summed E-state index contributed by atoms with van der Waals surface area (Å²) in [4.78, 5) is 2.45. The van der Waals surface area contributed by atoms with Crippen LogP contribution in [0.3, 0.4) is 0 Å². The number of rotatable bonds is 6. The summed E-state index contributed by atoms with van der Waals surface area (Å²) in [6.07, 6.45) is 7.69. The molecule has 2 rings (SSSR count). The van der Waals surface area contributed by atoms with E-state index in [0.29, 0.717) is 0 Å². The third kappa shape index (κ3) is 4.23. The highest BCUT2D eigenvalue weighted by Crippen LogP contribution is 2.29. The van der Waals surface area contributed by atoms with Crippen LogP contribution in [-0.2, 0) is 0 Å². The first-order chi connectivity index (χ1) is 8.28. The van der Waals surface area contributed by atoms with Gasteiger partial charge in [0.25, 0.3) is 0 Å². The van der Waals surface area contributed by atoms with Gasteiger partial charge in [-0.3, -0.25) is 0 Å². The Morgan fingerprint density at radius 3 is 2.71 bits per heavy atom. The normalized spacial score (nSPS) is 28.9. The number of hydrogen-bond acceptors (Lipinski definition) is 3. The molecule has 1 heterocycles. The molecule has 0 radical (unpaired) electrons. The molecule has 2 N–H and O–H groups in total. The van der Waals surface area contributed by atoms with E-state index in [1.54, 1.807) is 0 Å². The molecule has 2 atom stereocenters. The van der Waals surface area contributed by atoms with E-state index >= 15 is 0 Å². The summed E-state index contributed by atoms with van der Waals surface area (Å²) in [7, 11) is 2.03. The summed E-state index contributed by atoms with van der Waals surface area (Å²) in [6.45, 7) is 4.36. The van der Waals surface area contributed by atoms with Gasteiger partial charge in [0.05, 0.1) is 6.10 Å². The second-order valence-electron chi connectivity index (χ2n) is 6.01. The predicted octanol–water partition coefficient (Wildman–Crippen LogP) is 1.47. The molecule has 0 aromatic carbocycles. The molecule has 0 spiro atoms. The zero-order chi connectivity index (χ0) is 12.1. The lowest BCUT2D eigenvalue weighted by Crippen LogP contribution is -2.32. The molecule has 3 nitrogen and oxygen atoms in total. The number of hydrogen-bond donors (Lipinski definition) is 2. The molecule has 0 bridgehead atoms. The van der Waals surface area contributed by atoms with Crippen LogP contribution in [0.25, 0.3) is 0 Å². The van der Waals surface area contributed by atoms with E-state index in [-0.39, 0.29) is 6.10 Å². The minimum absolute atomic E-state index is 0.0913. The van der Waals surface area contributed by atoms with E-state index in [1.807, 2.05) is 7.05 Å². The number of aliphatic hydroxyl groups is 1. The van der Waals surface area contributed by atoms with Crippen LogP contribution in [0.2, 0.25) is 0 Å². The Balaban J connectivity index is 1.63. The van der Waals surface area contributed by atoms with Crippen LogP contribution in [0.5, 0.6) is 0 Å². The summed E-state index contributed by atoms with van der Waals surface area (Å²) in [5, 5.41) is 13.4. The van der Waals surface area contributed by atoms with Crippen LogP contribution in [0.15, 0.2) is 0 Å². The highest BCUT2D eigenvalue weighted by molar-refractivity contribution is 4.80. The number of aliphatic hydroxyl groups excluding tert-OH is 1. The van der Waals surface area contributed by atoms with Crippen molar-refractivity contribution in [2.45, 2.75) is 44.6 Å². The zero-order valence-electron chi connectivity index (χ0n) is 11.2. The number of nitrogens with zero attached hydrogens (tertiary/aromatic N) is 1. The van der Waals surface area contributed by atoms with Gasteiger partial charge in [-0.15, -0.1) is 0 Å². The summed E-state index contributed by atoms with van der Waals surface area (Å²) >= 11 is 0. The van der Waals surface area contributed by atoms with Crippen LogP contribution in [0.4, 0.5) is 0 Å². The summed E-state index contributed by atoms with van der Waals surface area (Å²) in [6, 6.07) is 0. The maximum atomic E-state index is 10.1. The van der Waals surface area contributed by atoms with Crippen molar-refractivity contribution in [3.05, 3.63) is 0 Å². The van der Waals surface area contributed by atoms with E-state index in [2.05, 4.69) is 10.2 Å². The maximum absolute atomic E-state index is 10.1. The molecule has 2 fully saturated rings. The highest BCUT2D eigenvalue weighted by atomic mass is 16.3. The molecule has 1 saturated heterocycles. The Morgan fingerprint density at radius 2 is 2.00 bits per heavy atom. The van der Waals surface area contributed by atoms with Gasteiger partial charge in [-0.05, 0) is 44.8 Å².